The molecule has 0 atom stereocenters. The lowest BCUT2D eigenvalue weighted by Crippen LogP contribution is -2.38. The molecule has 0 spiro atoms. The Morgan fingerprint density at radius 1 is 0.741 bits per heavy atom. The third-order valence-corrected chi connectivity index (χ3v) is 5.77. The van der Waals surface area contributed by atoms with Crippen LogP contribution in [-0.4, -0.2) is 9.78 Å². The number of rotatable bonds is 5. The van der Waals surface area contributed by atoms with Gasteiger partial charge in [0.05, 0.1) is 5.69 Å². The Hall–Kier alpha value is -2.40. The highest BCUT2D eigenvalue weighted by Gasteiger charge is 2.39. The van der Waals surface area contributed by atoms with Gasteiger partial charge in [-0.15, -0.1) is 0 Å². The number of halogens is 1. The zero-order valence-electron chi connectivity index (χ0n) is 15.2. The molecule has 0 aliphatic rings. The molecule has 0 aliphatic heterocycles. The predicted octanol–water partition coefficient (Wildman–Crippen LogP) is 5.97. The van der Waals surface area contributed by atoms with Gasteiger partial charge in [0.1, 0.15) is 5.54 Å². The summed E-state index contributed by atoms with van der Waals surface area (Å²) in [6, 6.07) is 32.0. The molecule has 0 fully saturated rings. The highest BCUT2D eigenvalue weighted by molar-refractivity contribution is 14.1. The second-order valence-corrected chi connectivity index (χ2v) is 7.41. The molecule has 0 saturated heterocycles. The van der Waals surface area contributed by atoms with Crippen molar-refractivity contribution >= 4 is 22.6 Å². The fourth-order valence-electron chi connectivity index (χ4n) is 3.73. The van der Waals surface area contributed by atoms with Gasteiger partial charge in [0.25, 0.3) is 0 Å². The van der Waals surface area contributed by atoms with E-state index in [9.17, 15) is 0 Å². The number of aryl methyl sites for hydroxylation is 1. The van der Waals surface area contributed by atoms with E-state index in [2.05, 4.69) is 131 Å². The van der Waals surface area contributed by atoms with Gasteiger partial charge in [-0.05, 0) is 29.2 Å². The minimum Gasteiger partial charge on any atom is -0.253 e. The van der Waals surface area contributed by atoms with Gasteiger partial charge in [0, 0.05) is 10.6 Å². The van der Waals surface area contributed by atoms with E-state index in [0.717, 1.165) is 10.1 Å². The van der Waals surface area contributed by atoms with Crippen LogP contribution in [0.2, 0.25) is 0 Å². The Labute approximate surface area is 174 Å². The van der Waals surface area contributed by atoms with Gasteiger partial charge < -0.3 is 0 Å². The van der Waals surface area contributed by atoms with E-state index in [1.54, 1.807) is 0 Å². The highest BCUT2D eigenvalue weighted by atomic mass is 127. The average Bonchev–Trinajstić information content (AvgIpc) is 3.12. The quantitative estimate of drug-likeness (QED) is 0.202. The number of aromatic nitrogens is 2. The number of benzene rings is 3. The Balaban J connectivity index is 2.12. The number of hydrogen-bond donors (Lipinski definition) is 0. The van der Waals surface area contributed by atoms with E-state index in [4.69, 9.17) is 5.10 Å². The predicted molar refractivity (Wildman–Crippen MR) is 119 cm³/mol. The van der Waals surface area contributed by atoms with Crippen LogP contribution in [0.1, 0.15) is 27.9 Å². The SMILES string of the molecule is Cc1cn(C(c2ccccc2)(c2ccccc2)c2ccccc2)nc1CI. The normalized spacial score (nSPS) is 11.5. The lowest BCUT2D eigenvalue weighted by Gasteiger charge is -2.36. The van der Waals surface area contributed by atoms with Gasteiger partial charge >= 0.3 is 0 Å². The van der Waals surface area contributed by atoms with Crippen LogP contribution in [0.3, 0.4) is 0 Å². The molecule has 0 radical (unpaired) electrons. The fraction of sp³-hybridized carbons (Fsp3) is 0.125. The average molecular weight is 464 g/mol. The van der Waals surface area contributed by atoms with Crippen LogP contribution < -0.4 is 0 Å². The maximum atomic E-state index is 5.04. The first-order chi connectivity index (χ1) is 13.3. The van der Waals surface area contributed by atoms with E-state index < -0.39 is 5.54 Å². The molecule has 1 heterocycles. The van der Waals surface area contributed by atoms with Gasteiger partial charge in [-0.3, -0.25) is 4.68 Å². The summed E-state index contributed by atoms with van der Waals surface area (Å²) in [5.41, 5.74) is 5.43. The molecular formula is C24H21IN2. The first-order valence-electron chi connectivity index (χ1n) is 9.05. The lowest BCUT2D eigenvalue weighted by molar-refractivity contribution is 0.457. The number of hydrogen-bond acceptors (Lipinski definition) is 1. The van der Waals surface area contributed by atoms with Crippen LogP contribution in [0.15, 0.2) is 97.2 Å². The fourth-order valence-corrected chi connectivity index (χ4v) is 4.49. The lowest BCUT2D eigenvalue weighted by atomic mass is 9.77. The van der Waals surface area contributed by atoms with Gasteiger partial charge in [-0.2, -0.15) is 5.10 Å². The molecule has 0 N–H and O–H groups in total. The summed E-state index contributed by atoms with van der Waals surface area (Å²) in [6.07, 6.45) is 2.18. The zero-order chi connectivity index (χ0) is 18.7. The van der Waals surface area contributed by atoms with Crippen molar-refractivity contribution < 1.29 is 0 Å². The van der Waals surface area contributed by atoms with E-state index >= 15 is 0 Å². The van der Waals surface area contributed by atoms with Gasteiger partial charge in [-0.25, -0.2) is 0 Å². The van der Waals surface area contributed by atoms with Gasteiger partial charge in [-0.1, -0.05) is 114 Å². The maximum absolute atomic E-state index is 5.04. The summed E-state index contributed by atoms with van der Waals surface area (Å²) in [4.78, 5) is 0. The van der Waals surface area contributed by atoms with Crippen molar-refractivity contribution in [1.82, 2.24) is 9.78 Å². The maximum Gasteiger partial charge on any atom is 0.138 e. The first-order valence-corrected chi connectivity index (χ1v) is 10.6. The smallest absolute Gasteiger partial charge is 0.138 e. The summed E-state index contributed by atoms with van der Waals surface area (Å²) in [7, 11) is 0. The summed E-state index contributed by atoms with van der Waals surface area (Å²) in [5.74, 6) is 0. The topological polar surface area (TPSA) is 17.8 Å². The molecule has 0 unspecified atom stereocenters. The Morgan fingerprint density at radius 3 is 1.48 bits per heavy atom. The standard InChI is InChI=1S/C24H21IN2/c1-19-18-27(26-23(19)17-25)24(20-11-5-2-6-12-20,21-13-7-3-8-14-21)22-15-9-4-10-16-22/h2-16,18H,17H2,1H3. The minimum absolute atomic E-state index is 0.515. The molecule has 2 nitrogen and oxygen atoms in total. The molecule has 3 heteroatoms. The molecule has 3 aromatic carbocycles. The summed E-state index contributed by atoms with van der Waals surface area (Å²) in [6.45, 7) is 2.14. The van der Waals surface area contributed by atoms with Crippen molar-refractivity contribution in [1.29, 1.82) is 0 Å². The Kier molecular flexibility index (Phi) is 5.12. The summed E-state index contributed by atoms with van der Waals surface area (Å²) < 4.78 is 3.04. The monoisotopic (exact) mass is 464 g/mol. The molecule has 134 valence electrons. The summed E-state index contributed by atoms with van der Waals surface area (Å²) >= 11 is 2.39. The van der Waals surface area contributed by atoms with Crippen molar-refractivity contribution in [2.45, 2.75) is 16.9 Å². The largest absolute Gasteiger partial charge is 0.253 e. The number of alkyl halides is 1. The second-order valence-electron chi connectivity index (χ2n) is 6.65. The van der Waals surface area contributed by atoms with Gasteiger partial charge in [0.15, 0.2) is 0 Å². The second kappa shape index (κ2) is 7.69. The zero-order valence-corrected chi connectivity index (χ0v) is 17.4. The van der Waals surface area contributed by atoms with E-state index in [1.165, 1.54) is 22.3 Å². The van der Waals surface area contributed by atoms with Crippen LogP contribution in [0, 0.1) is 6.92 Å². The molecule has 0 saturated carbocycles. The molecule has 27 heavy (non-hydrogen) atoms. The van der Waals surface area contributed by atoms with Crippen molar-refractivity contribution in [3.8, 4) is 0 Å². The Morgan fingerprint density at radius 2 is 1.15 bits per heavy atom. The molecule has 0 amide bonds. The van der Waals surface area contributed by atoms with E-state index in [-0.39, 0.29) is 0 Å². The molecule has 0 aliphatic carbocycles. The van der Waals surface area contributed by atoms with Crippen molar-refractivity contribution in [3.05, 3.63) is 125 Å². The van der Waals surface area contributed by atoms with Crippen molar-refractivity contribution in [3.63, 3.8) is 0 Å². The van der Waals surface area contributed by atoms with Crippen LogP contribution in [0.5, 0.6) is 0 Å². The highest BCUT2D eigenvalue weighted by Crippen LogP contribution is 2.40. The first kappa shape index (κ1) is 18.0. The molecule has 0 bridgehead atoms. The van der Waals surface area contributed by atoms with E-state index in [1.807, 2.05) is 0 Å². The van der Waals surface area contributed by atoms with Crippen LogP contribution in [0.4, 0.5) is 0 Å². The third-order valence-electron chi connectivity index (χ3n) is 5.04. The molecule has 4 rings (SSSR count). The van der Waals surface area contributed by atoms with Crippen molar-refractivity contribution in [2.24, 2.45) is 0 Å². The summed E-state index contributed by atoms with van der Waals surface area (Å²) in [5, 5.41) is 5.04. The molecule has 1 aromatic heterocycles. The minimum atomic E-state index is -0.515. The van der Waals surface area contributed by atoms with Crippen molar-refractivity contribution in [2.75, 3.05) is 0 Å². The molecule has 4 aromatic rings. The van der Waals surface area contributed by atoms with Crippen LogP contribution in [-0.2, 0) is 9.97 Å². The number of nitrogens with zero attached hydrogens (tertiary/aromatic N) is 2. The third kappa shape index (κ3) is 3.10. The Bertz CT molecular complexity index is 912. The molecular weight excluding hydrogens is 443 g/mol. The van der Waals surface area contributed by atoms with Crippen LogP contribution in [0.25, 0.3) is 0 Å². The van der Waals surface area contributed by atoms with Crippen LogP contribution >= 0.6 is 22.6 Å². The van der Waals surface area contributed by atoms with E-state index in [0.29, 0.717) is 0 Å². The van der Waals surface area contributed by atoms with Gasteiger partial charge in [0.2, 0.25) is 0 Å².